The molecule has 0 amide bonds. The van der Waals surface area contributed by atoms with Gasteiger partial charge in [0, 0.05) is 0 Å². The summed E-state index contributed by atoms with van der Waals surface area (Å²) in [5, 5.41) is 7.63. The lowest BCUT2D eigenvalue weighted by Crippen LogP contribution is -2.10. The summed E-state index contributed by atoms with van der Waals surface area (Å²) in [4.78, 5) is 10.9. The first-order valence-corrected chi connectivity index (χ1v) is 4.58. The van der Waals surface area contributed by atoms with E-state index in [0.717, 1.165) is 13.2 Å². The van der Waals surface area contributed by atoms with Crippen LogP contribution in [0.25, 0.3) is 0 Å². The number of carbonyl (C=O) groups excluding carboxylic acids is 1. The van der Waals surface area contributed by atoms with Crippen molar-refractivity contribution in [2.24, 2.45) is 0 Å². The van der Waals surface area contributed by atoms with E-state index in [2.05, 4.69) is 4.74 Å². The molecule has 0 N–H and O–H groups in total. The van der Waals surface area contributed by atoms with Crippen molar-refractivity contribution < 1.29 is 22.7 Å². The molecule has 0 aliphatic rings. The Morgan fingerprint density at radius 3 is 2.41 bits per heavy atom. The summed E-state index contributed by atoms with van der Waals surface area (Å²) < 4.78 is 42.3. The summed E-state index contributed by atoms with van der Waals surface area (Å²) in [6, 6.07) is 2.82. The lowest BCUT2D eigenvalue weighted by Gasteiger charge is -2.13. The number of ether oxygens (including phenoxy) is 1. The van der Waals surface area contributed by atoms with Crippen molar-refractivity contribution in [3.8, 4) is 11.8 Å². The Hall–Kier alpha value is -1.74. The van der Waals surface area contributed by atoms with Gasteiger partial charge in [0.05, 0.1) is 29.9 Å². The molecule has 0 aromatic heterocycles. The van der Waals surface area contributed by atoms with Crippen LogP contribution in [0.4, 0.5) is 13.2 Å². The predicted octanol–water partition coefficient (Wildman–Crippen LogP) is 2.96. The fourth-order valence-corrected chi connectivity index (χ4v) is 1.38. The van der Waals surface area contributed by atoms with Crippen molar-refractivity contribution in [2.45, 2.75) is 6.18 Å². The molecule has 0 aliphatic heterocycles. The Labute approximate surface area is 99.4 Å². The first kappa shape index (κ1) is 13.3. The highest BCUT2D eigenvalue weighted by molar-refractivity contribution is 6.68. The third kappa shape index (κ3) is 2.68. The number of benzene rings is 1. The summed E-state index contributed by atoms with van der Waals surface area (Å²) in [6.45, 7) is 0. The number of nitrogens with zero attached hydrogens (tertiary/aromatic N) is 1. The van der Waals surface area contributed by atoms with Gasteiger partial charge in [0.1, 0.15) is 5.75 Å². The van der Waals surface area contributed by atoms with Gasteiger partial charge in [-0.15, -0.1) is 0 Å². The molecule has 0 saturated heterocycles. The smallest absolute Gasteiger partial charge is 0.420 e. The van der Waals surface area contributed by atoms with Crippen molar-refractivity contribution in [1.29, 1.82) is 5.26 Å². The molecule has 7 heteroatoms. The van der Waals surface area contributed by atoms with Crippen LogP contribution in [0.5, 0.6) is 5.75 Å². The summed E-state index contributed by atoms with van der Waals surface area (Å²) >= 11 is 5.16. The predicted molar refractivity (Wildman–Crippen MR) is 52.9 cm³/mol. The van der Waals surface area contributed by atoms with Gasteiger partial charge in [0.25, 0.3) is 5.24 Å². The van der Waals surface area contributed by atoms with Crippen LogP contribution in [0, 0.1) is 11.3 Å². The zero-order valence-corrected chi connectivity index (χ0v) is 9.19. The quantitative estimate of drug-likeness (QED) is 0.771. The van der Waals surface area contributed by atoms with Gasteiger partial charge in [0.2, 0.25) is 0 Å². The molecular formula is C10H5ClF3NO2. The van der Waals surface area contributed by atoms with E-state index in [1.807, 2.05) is 0 Å². The lowest BCUT2D eigenvalue weighted by atomic mass is 10.0. The first-order chi connectivity index (χ1) is 7.81. The molecule has 0 aliphatic carbocycles. The van der Waals surface area contributed by atoms with Gasteiger partial charge in [-0.2, -0.15) is 18.4 Å². The molecule has 0 heterocycles. The van der Waals surface area contributed by atoms with Gasteiger partial charge < -0.3 is 4.74 Å². The van der Waals surface area contributed by atoms with Gasteiger partial charge in [-0.3, -0.25) is 4.79 Å². The molecule has 0 bridgehead atoms. The van der Waals surface area contributed by atoms with Crippen LogP contribution in [0.2, 0.25) is 0 Å². The Bertz CT molecular complexity index is 505. The van der Waals surface area contributed by atoms with Crippen LogP contribution in [0.15, 0.2) is 12.1 Å². The second-order valence-electron chi connectivity index (χ2n) is 2.98. The highest BCUT2D eigenvalue weighted by Crippen LogP contribution is 2.38. The van der Waals surface area contributed by atoms with E-state index >= 15 is 0 Å². The molecule has 1 rings (SSSR count). The zero-order valence-electron chi connectivity index (χ0n) is 8.43. The molecule has 0 spiro atoms. The Morgan fingerprint density at radius 2 is 2.06 bits per heavy atom. The molecular weight excluding hydrogens is 259 g/mol. The number of methoxy groups -OCH3 is 1. The monoisotopic (exact) mass is 263 g/mol. The Morgan fingerprint density at radius 1 is 1.47 bits per heavy atom. The number of nitriles is 1. The molecule has 1 aromatic rings. The molecule has 1 aromatic carbocycles. The van der Waals surface area contributed by atoms with E-state index < -0.39 is 28.3 Å². The molecule has 0 fully saturated rings. The fraction of sp³-hybridized carbons (Fsp3) is 0.200. The van der Waals surface area contributed by atoms with Gasteiger partial charge >= 0.3 is 6.18 Å². The second kappa shape index (κ2) is 4.63. The molecule has 0 atom stereocenters. The molecule has 0 radical (unpaired) electrons. The topological polar surface area (TPSA) is 50.1 Å². The van der Waals surface area contributed by atoms with Gasteiger partial charge in [0.15, 0.2) is 0 Å². The number of carbonyl (C=O) groups is 1. The van der Waals surface area contributed by atoms with E-state index in [1.54, 1.807) is 0 Å². The fourth-order valence-electron chi connectivity index (χ4n) is 1.23. The first-order valence-electron chi connectivity index (χ1n) is 4.20. The van der Waals surface area contributed by atoms with Gasteiger partial charge in [-0.25, -0.2) is 0 Å². The van der Waals surface area contributed by atoms with E-state index in [4.69, 9.17) is 16.9 Å². The molecule has 90 valence electrons. The van der Waals surface area contributed by atoms with E-state index in [0.29, 0.717) is 6.07 Å². The maximum atomic E-state index is 12.6. The average molecular weight is 264 g/mol. The number of halogens is 4. The lowest BCUT2D eigenvalue weighted by molar-refractivity contribution is -0.138. The normalized spacial score (nSPS) is 10.8. The molecule has 0 saturated carbocycles. The summed E-state index contributed by atoms with van der Waals surface area (Å²) in [7, 11) is 1.03. The summed E-state index contributed by atoms with van der Waals surface area (Å²) in [6.07, 6.45) is -4.68. The highest BCUT2D eigenvalue weighted by atomic mass is 35.5. The second-order valence-corrected chi connectivity index (χ2v) is 3.32. The van der Waals surface area contributed by atoms with Gasteiger partial charge in [-0.1, -0.05) is 0 Å². The van der Waals surface area contributed by atoms with Gasteiger partial charge in [-0.05, 0) is 23.7 Å². The number of rotatable bonds is 2. The van der Waals surface area contributed by atoms with Crippen LogP contribution in [0.3, 0.4) is 0 Å². The van der Waals surface area contributed by atoms with Crippen LogP contribution < -0.4 is 4.74 Å². The average Bonchev–Trinajstić information content (AvgIpc) is 2.25. The Balaban J connectivity index is 3.56. The summed E-state index contributed by atoms with van der Waals surface area (Å²) in [5.74, 6) is -0.555. The van der Waals surface area contributed by atoms with Crippen molar-refractivity contribution in [2.75, 3.05) is 7.11 Å². The van der Waals surface area contributed by atoms with Crippen LogP contribution in [0.1, 0.15) is 21.5 Å². The number of hydrogen-bond donors (Lipinski definition) is 0. The minimum atomic E-state index is -4.68. The number of hydrogen-bond acceptors (Lipinski definition) is 3. The van der Waals surface area contributed by atoms with Crippen molar-refractivity contribution in [3.63, 3.8) is 0 Å². The minimum Gasteiger partial charge on any atom is -0.496 e. The largest absolute Gasteiger partial charge is 0.496 e. The number of alkyl halides is 3. The maximum absolute atomic E-state index is 12.6. The van der Waals surface area contributed by atoms with Crippen molar-refractivity contribution in [3.05, 3.63) is 28.8 Å². The summed E-state index contributed by atoms with van der Waals surface area (Å²) in [5.41, 5.74) is -1.89. The Kier molecular flexibility index (Phi) is 3.63. The van der Waals surface area contributed by atoms with Crippen molar-refractivity contribution in [1.82, 2.24) is 0 Å². The molecule has 3 nitrogen and oxygen atoms in total. The van der Waals surface area contributed by atoms with Crippen molar-refractivity contribution >= 4 is 16.8 Å². The SMILES string of the molecule is COc1cc(C(=O)Cl)c(C#N)cc1C(F)(F)F. The van der Waals surface area contributed by atoms with E-state index in [-0.39, 0.29) is 5.56 Å². The zero-order chi connectivity index (χ0) is 13.2. The van der Waals surface area contributed by atoms with E-state index in [9.17, 15) is 18.0 Å². The van der Waals surface area contributed by atoms with Crippen LogP contribution in [-0.2, 0) is 6.18 Å². The van der Waals surface area contributed by atoms with Crippen LogP contribution >= 0.6 is 11.6 Å². The maximum Gasteiger partial charge on any atom is 0.420 e. The van der Waals surface area contributed by atoms with E-state index in [1.165, 1.54) is 6.07 Å². The molecule has 0 unspecified atom stereocenters. The van der Waals surface area contributed by atoms with Crippen LogP contribution in [-0.4, -0.2) is 12.4 Å². The highest BCUT2D eigenvalue weighted by Gasteiger charge is 2.35. The molecule has 17 heavy (non-hydrogen) atoms. The minimum absolute atomic E-state index is 0.320. The third-order valence-electron chi connectivity index (χ3n) is 1.98. The standard InChI is InChI=1S/C10H5ClF3NO2/c1-17-8-3-6(9(11)16)5(4-15)2-7(8)10(12,13)14/h2-3H,1H3. The third-order valence-corrected chi connectivity index (χ3v) is 2.18.